The third-order valence-corrected chi connectivity index (χ3v) is 2.71. The van der Waals surface area contributed by atoms with E-state index in [1.807, 2.05) is 6.07 Å². The first-order chi connectivity index (χ1) is 9.28. The molecule has 0 amide bonds. The van der Waals surface area contributed by atoms with Crippen molar-refractivity contribution in [2.24, 2.45) is 5.73 Å². The van der Waals surface area contributed by atoms with Gasteiger partial charge < -0.3 is 19.7 Å². The van der Waals surface area contributed by atoms with Gasteiger partial charge in [0.15, 0.2) is 5.82 Å². The molecule has 0 bridgehead atoms. The molecule has 0 unspecified atom stereocenters. The molecule has 1 heterocycles. The number of aromatic nitrogens is 2. The number of nitrogens with two attached hydrogens (primary N) is 1. The van der Waals surface area contributed by atoms with E-state index in [1.165, 1.54) is 0 Å². The lowest BCUT2D eigenvalue weighted by atomic mass is 10.2. The Morgan fingerprint density at radius 2 is 2.11 bits per heavy atom. The van der Waals surface area contributed by atoms with Crippen molar-refractivity contribution in [2.45, 2.75) is 12.8 Å². The van der Waals surface area contributed by atoms with E-state index < -0.39 is 0 Å². The van der Waals surface area contributed by atoms with Gasteiger partial charge in [-0.1, -0.05) is 5.16 Å². The van der Waals surface area contributed by atoms with Crippen LogP contribution in [0, 0.1) is 0 Å². The van der Waals surface area contributed by atoms with E-state index in [4.69, 9.17) is 19.7 Å². The Labute approximate surface area is 111 Å². The maximum atomic E-state index is 5.46. The van der Waals surface area contributed by atoms with E-state index >= 15 is 0 Å². The van der Waals surface area contributed by atoms with Gasteiger partial charge in [0, 0.05) is 6.42 Å². The van der Waals surface area contributed by atoms with Crippen molar-refractivity contribution in [1.29, 1.82) is 0 Å². The summed E-state index contributed by atoms with van der Waals surface area (Å²) in [7, 11) is 3.20. The third-order valence-electron chi connectivity index (χ3n) is 2.71. The average molecular weight is 263 g/mol. The van der Waals surface area contributed by atoms with Crippen molar-refractivity contribution in [3.63, 3.8) is 0 Å². The Morgan fingerprint density at radius 3 is 2.79 bits per heavy atom. The minimum Gasteiger partial charge on any atom is -0.497 e. The van der Waals surface area contributed by atoms with Gasteiger partial charge in [-0.25, -0.2) is 0 Å². The molecule has 0 aliphatic rings. The first-order valence-corrected chi connectivity index (χ1v) is 6.03. The Morgan fingerprint density at radius 1 is 1.26 bits per heavy atom. The number of aryl methyl sites for hydroxylation is 1. The molecule has 1 aromatic heterocycles. The summed E-state index contributed by atoms with van der Waals surface area (Å²) in [6.07, 6.45) is 1.53. The van der Waals surface area contributed by atoms with Crippen LogP contribution in [0.2, 0.25) is 0 Å². The topological polar surface area (TPSA) is 83.4 Å². The van der Waals surface area contributed by atoms with Gasteiger partial charge in [-0.2, -0.15) is 4.98 Å². The molecule has 102 valence electrons. The molecular formula is C13H17N3O3. The van der Waals surface area contributed by atoms with Crippen LogP contribution >= 0.6 is 0 Å². The van der Waals surface area contributed by atoms with Gasteiger partial charge in [-0.05, 0) is 31.2 Å². The second kappa shape index (κ2) is 6.19. The first kappa shape index (κ1) is 13.4. The van der Waals surface area contributed by atoms with Crippen molar-refractivity contribution in [3.05, 3.63) is 24.0 Å². The highest BCUT2D eigenvalue weighted by Crippen LogP contribution is 2.32. The summed E-state index contributed by atoms with van der Waals surface area (Å²) in [4.78, 5) is 4.33. The SMILES string of the molecule is COc1ccc(OC)c(-c2nc(CCCN)no2)c1. The number of ether oxygens (including phenoxy) is 2. The second-order valence-electron chi connectivity index (χ2n) is 3.97. The molecule has 0 spiro atoms. The molecule has 19 heavy (non-hydrogen) atoms. The summed E-state index contributed by atoms with van der Waals surface area (Å²) in [5, 5.41) is 3.92. The van der Waals surface area contributed by atoms with E-state index in [2.05, 4.69) is 10.1 Å². The van der Waals surface area contributed by atoms with Crippen molar-refractivity contribution < 1.29 is 14.0 Å². The predicted octanol–water partition coefficient (Wildman–Crippen LogP) is 1.65. The fourth-order valence-electron chi connectivity index (χ4n) is 1.71. The summed E-state index contributed by atoms with van der Waals surface area (Å²) in [5.41, 5.74) is 6.17. The monoisotopic (exact) mass is 263 g/mol. The van der Waals surface area contributed by atoms with E-state index in [0.717, 1.165) is 6.42 Å². The minimum absolute atomic E-state index is 0.419. The zero-order valence-electron chi connectivity index (χ0n) is 11.0. The van der Waals surface area contributed by atoms with Crippen LogP contribution < -0.4 is 15.2 Å². The fraction of sp³-hybridized carbons (Fsp3) is 0.385. The molecule has 2 aromatic rings. The van der Waals surface area contributed by atoms with Gasteiger partial charge in [0.2, 0.25) is 0 Å². The number of hydrogen-bond donors (Lipinski definition) is 1. The fourth-order valence-corrected chi connectivity index (χ4v) is 1.71. The van der Waals surface area contributed by atoms with E-state index in [-0.39, 0.29) is 0 Å². The quantitative estimate of drug-likeness (QED) is 0.853. The molecule has 6 heteroatoms. The molecular weight excluding hydrogens is 246 g/mol. The molecule has 0 atom stereocenters. The number of methoxy groups -OCH3 is 2. The molecule has 1 aromatic carbocycles. The predicted molar refractivity (Wildman–Crippen MR) is 70.2 cm³/mol. The maximum absolute atomic E-state index is 5.46. The van der Waals surface area contributed by atoms with Crippen LogP contribution in [0.25, 0.3) is 11.5 Å². The molecule has 0 fully saturated rings. The van der Waals surface area contributed by atoms with Gasteiger partial charge in [0.05, 0.1) is 19.8 Å². The zero-order chi connectivity index (χ0) is 13.7. The lowest BCUT2D eigenvalue weighted by molar-refractivity contribution is 0.395. The Hall–Kier alpha value is -2.08. The first-order valence-electron chi connectivity index (χ1n) is 6.03. The van der Waals surface area contributed by atoms with Gasteiger partial charge >= 0.3 is 0 Å². The van der Waals surface area contributed by atoms with Crippen LogP contribution in [0.4, 0.5) is 0 Å². The molecule has 2 N–H and O–H groups in total. The highest BCUT2D eigenvalue weighted by Gasteiger charge is 2.14. The summed E-state index contributed by atoms with van der Waals surface area (Å²) in [6, 6.07) is 5.42. The van der Waals surface area contributed by atoms with Crippen LogP contribution in [-0.4, -0.2) is 30.9 Å². The molecule has 0 aliphatic carbocycles. The van der Waals surface area contributed by atoms with Crippen molar-refractivity contribution >= 4 is 0 Å². The zero-order valence-corrected chi connectivity index (χ0v) is 11.0. The Kier molecular flexibility index (Phi) is 4.35. The summed E-state index contributed by atoms with van der Waals surface area (Å²) in [5.74, 6) is 2.43. The van der Waals surface area contributed by atoms with Crippen molar-refractivity contribution in [3.8, 4) is 23.0 Å². The lowest BCUT2D eigenvalue weighted by Crippen LogP contribution is -2.01. The molecule has 0 aliphatic heterocycles. The van der Waals surface area contributed by atoms with Gasteiger partial charge in [-0.15, -0.1) is 0 Å². The highest BCUT2D eigenvalue weighted by atomic mass is 16.5. The molecule has 0 saturated heterocycles. The number of rotatable bonds is 6. The van der Waals surface area contributed by atoms with Crippen molar-refractivity contribution in [1.82, 2.24) is 10.1 Å². The summed E-state index contributed by atoms with van der Waals surface area (Å²) >= 11 is 0. The second-order valence-corrected chi connectivity index (χ2v) is 3.97. The molecule has 2 rings (SSSR count). The summed E-state index contributed by atoms with van der Waals surface area (Å²) in [6.45, 7) is 0.604. The number of nitrogens with zero attached hydrogens (tertiary/aromatic N) is 2. The minimum atomic E-state index is 0.419. The van der Waals surface area contributed by atoms with Crippen LogP contribution in [-0.2, 0) is 6.42 Å². The van der Waals surface area contributed by atoms with E-state index in [1.54, 1.807) is 26.4 Å². The highest BCUT2D eigenvalue weighted by molar-refractivity contribution is 5.64. The largest absolute Gasteiger partial charge is 0.497 e. The molecule has 0 radical (unpaired) electrons. The smallest absolute Gasteiger partial charge is 0.261 e. The number of benzene rings is 1. The van der Waals surface area contributed by atoms with Gasteiger partial charge in [0.1, 0.15) is 11.5 Å². The van der Waals surface area contributed by atoms with Gasteiger partial charge in [-0.3, -0.25) is 0 Å². The van der Waals surface area contributed by atoms with Crippen LogP contribution in [0.5, 0.6) is 11.5 Å². The van der Waals surface area contributed by atoms with Crippen LogP contribution in [0.15, 0.2) is 22.7 Å². The Bertz CT molecular complexity index is 540. The summed E-state index contributed by atoms with van der Waals surface area (Å²) < 4.78 is 15.7. The molecule has 6 nitrogen and oxygen atoms in total. The maximum Gasteiger partial charge on any atom is 0.261 e. The Balaban J connectivity index is 2.31. The average Bonchev–Trinajstić information content (AvgIpc) is 2.93. The van der Waals surface area contributed by atoms with Crippen LogP contribution in [0.1, 0.15) is 12.2 Å². The lowest BCUT2D eigenvalue weighted by Gasteiger charge is -2.06. The third kappa shape index (κ3) is 3.03. The standard InChI is InChI=1S/C13H17N3O3/c1-17-9-5-6-11(18-2)10(8-9)13-15-12(16-19-13)4-3-7-14/h5-6,8H,3-4,7,14H2,1-2H3. The van der Waals surface area contributed by atoms with E-state index in [0.29, 0.717) is 41.7 Å². The van der Waals surface area contributed by atoms with Gasteiger partial charge in [0.25, 0.3) is 5.89 Å². The van der Waals surface area contributed by atoms with E-state index in [9.17, 15) is 0 Å². The molecule has 0 saturated carbocycles. The number of hydrogen-bond acceptors (Lipinski definition) is 6. The van der Waals surface area contributed by atoms with Crippen molar-refractivity contribution in [2.75, 3.05) is 20.8 Å². The van der Waals surface area contributed by atoms with Crippen LogP contribution in [0.3, 0.4) is 0 Å². The normalized spacial score (nSPS) is 10.5.